The largest absolute Gasteiger partial charge is 1.00 e. The van der Waals surface area contributed by atoms with Crippen molar-refractivity contribution in [3.8, 4) is 0 Å². The first-order valence-electron chi connectivity index (χ1n) is 1.33. The van der Waals surface area contributed by atoms with Crippen LogP contribution in [0.15, 0.2) is 0 Å². The molecule has 6 heteroatoms. The molecule has 0 fully saturated rings. The average Bonchev–Trinajstić information content (AvgIpc) is 1.35. The van der Waals surface area contributed by atoms with E-state index >= 15 is 0 Å². The van der Waals surface area contributed by atoms with E-state index in [1.807, 2.05) is 0 Å². The van der Waals surface area contributed by atoms with E-state index in [0.717, 1.165) is 0 Å². The zero-order chi connectivity index (χ0) is 5.21. The van der Waals surface area contributed by atoms with Crippen LogP contribution in [-0.4, -0.2) is 13.0 Å². The molecule has 0 atom stereocenters. The molecule has 0 saturated heterocycles. The van der Waals surface area contributed by atoms with Gasteiger partial charge in [0.1, 0.15) is 10.1 Å². The van der Waals surface area contributed by atoms with E-state index in [2.05, 4.69) is 0 Å². The van der Waals surface area contributed by atoms with E-state index in [-0.39, 0.29) is 58.2 Å². The summed E-state index contributed by atoms with van der Waals surface area (Å²) in [5.41, 5.74) is 0. The molecule has 0 rings (SSSR count). The van der Waals surface area contributed by atoms with Crippen LogP contribution in [0.2, 0.25) is 0 Å². The van der Waals surface area contributed by atoms with Gasteiger partial charge in [-0.3, -0.25) is 0 Å². The molecule has 8 heavy (non-hydrogen) atoms. The Kier molecular flexibility index (Phi) is 11.6. The Balaban J connectivity index is -0.000000125. The molecule has 0 aliphatic carbocycles. The van der Waals surface area contributed by atoms with Gasteiger partial charge in [0.15, 0.2) is 0 Å². The zero-order valence-electron chi connectivity index (χ0n) is 4.96. The van der Waals surface area contributed by atoms with Crippen molar-refractivity contribution in [3.05, 3.63) is 5.75 Å². The van der Waals surface area contributed by atoms with Crippen LogP contribution in [-0.2, 0) is 10.1 Å². The Morgan fingerprint density at radius 1 is 1.50 bits per heavy atom. The quantitative estimate of drug-likeness (QED) is 0.336. The second-order valence-electron chi connectivity index (χ2n) is 0.751. The maximum atomic E-state index is 9.50. The minimum Gasteiger partial charge on any atom is -0.309 e. The van der Waals surface area contributed by atoms with Crippen LogP contribution < -0.4 is 58.2 Å². The van der Waals surface area contributed by atoms with E-state index in [1.165, 1.54) is 6.92 Å². The topological polar surface area (TPSA) is 54.4 Å². The minimum atomic E-state index is -3.79. The van der Waals surface area contributed by atoms with Crippen molar-refractivity contribution in [1.29, 1.82) is 0 Å². The smallest absolute Gasteiger partial charge is 0.309 e. The number of hydrogen-bond donors (Lipinski definition) is 1. The molecule has 40 valence electrons. The van der Waals surface area contributed by atoms with Crippen molar-refractivity contribution in [3.63, 3.8) is 0 Å². The molecule has 0 radical (unpaired) electrons. The maximum absolute atomic E-state index is 9.50. The van der Waals surface area contributed by atoms with Crippen molar-refractivity contribution < 1.29 is 71.2 Å². The van der Waals surface area contributed by atoms with Crippen molar-refractivity contribution in [2.45, 2.75) is 6.92 Å². The van der Waals surface area contributed by atoms with Gasteiger partial charge in [0.05, 0.1) is 0 Å². The fraction of sp³-hybridized carbons (Fsp3) is 0.500. The molecule has 0 spiro atoms. The second-order valence-corrected chi connectivity index (χ2v) is 2.25. The van der Waals surface area contributed by atoms with E-state index in [4.69, 9.17) is 4.55 Å². The van der Waals surface area contributed by atoms with Crippen LogP contribution in [0.1, 0.15) is 6.92 Å². The van der Waals surface area contributed by atoms with Crippen LogP contribution in [0.3, 0.4) is 0 Å². The van der Waals surface area contributed by atoms with Crippen molar-refractivity contribution in [2.24, 2.45) is 0 Å². The summed E-state index contributed by atoms with van der Waals surface area (Å²) in [4.78, 5) is 0. The van der Waals surface area contributed by atoms with E-state index in [1.54, 1.807) is 0 Å². The Hall–Kier alpha value is 0.715. The standard InChI is InChI=1S/C2H5O3S.Rb.Rf/c1-2-6(3,4)5;;/h2H,1H3,(H,3,4,5);;/q-1;+1;. The van der Waals surface area contributed by atoms with Crippen LogP contribution in [0.4, 0.5) is 0 Å². The summed E-state index contributed by atoms with van der Waals surface area (Å²) in [5.74, 6) is 0.715. The van der Waals surface area contributed by atoms with E-state index in [0.29, 0.717) is 5.75 Å². The first-order valence-corrected chi connectivity index (χ1v) is 2.83. The molecule has 0 heterocycles. The summed E-state index contributed by atoms with van der Waals surface area (Å²) in [6.07, 6.45) is 0. The van der Waals surface area contributed by atoms with Crippen molar-refractivity contribution in [1.82, 2.24) is 0 Å². The molecule has 0 bridgehead atoms. The molecule has 0 saturated carbocycles. The van der Waals surface area contributed by atoms with Gasteiger partial charge in [-0.15, -0.1) is 0 Å². The second kappa shape index (κ2) is 5.84. The Morgan fingerprint density at radius 3 is 1.62 bits per heavy atom. The molecule has 0 aliphatic heterocycles. The third-order valence-electron chi connectivity index (χ3n) is 0.298. The Morgan fingerprint density at radius 2 is 1.62 bits per heavy atom. The van der Waals surface area contributed by atoms with Crippen molar-refractivity contribution in [2.75, 3.05) is 0 Å². The summed E-state index contributed by atoms with van der Waals surface area (Å²) in [6.45, 7) is 1.25. The third kappa shape index (κ3) is 15.9. The molecule has 0 aromatic heterocycles. The van der Waals surface area contributed by atoms with Crippen LogP contribution in [0.5, 0.6) is 0 Å². The SMILES string of the molecule is C[CH-]S(=O)(=O)O.[Rb+].[Rf]. The van der Waals surface area contributed by atoms with E-state index < -0.39 is 10.1 Å². The van der Waals surface area contributed by atoms with Gasteiger partial charge in [-0.05, 0) is 0 Å². The molecule has 0 aromatic rings. The summed E-state index contributed by atoms with van der Waals surface area (Å²) in [5, 5.41) is 0. The number of hydrogen-bond acceptors (Lipinski definition) is 2. The molecule has 0 unspecified atom stereocenters. The Labute approximate surface area is 92.0 Å². The fourth-order valence-electron chi connectivity index (χ4n) is 0. The molecule has 0 amide bonds. The predicted octanol–water partition coefficient (Wildman–Crippen LogP) is -2.94. The van der Waals surface area contributed by atoms with Gasteiger partial charge in [-0.25, -0.2) is 8.42 Å². The predicted molar refractivity (Wildman–Crippen MR) is 21.5 cm³/mol. The van der Waals surface area contributed by atoms with Crippen LogP contribution >= 0.6 is 0 Å². The summed E-state index contributed by atoms with van der Waals surface area (Å²) < 4.78 is 26.7. The molecular formula is C2H5O3RbRfS. The fourth-order valence-corrected chi connectivity index (χ4v) is 0. The van der Waals surface area contributed by atoms with Crippen LogP contribution in [0, 0.1) is 5.75 Å². The molecule has 3 nitrogen and oxygen atoms in total. The van der Waals surface area contributed by atoms with Gasteiger partial charge in [-0.1, -0.05) is 0 Å². The maximum Gasteiger partial charge on any atom is 1.00 e. The van der Waals surface area contributed by atoms with E-state index in [9.17, 15) is 8.42 Å². The van der Waals surface area contributed by atoms with Gasteiger partial charge < -0.3 is 4.55 Å². The third-order valence-corrected chi connectivity index (χ3v) is 0.894. The molecule has 0 aliphatic rings. The van der Waals surface area contributed by atoms with Gasteiger partial charge in [0.25, 0.3) is 0 Å². The summed E-state index contributed by atoms with van der Waals surface area (Å²) in [7, 11) is -3.79. The van der Waals surface area contributed by atoms with Crippen molar-refractivity contribution >= 4 is 10.1 Å². The average molecular weight is 462 g/mol. The van der Waals surface area contributed by atoms with Gasteiger partial charge in [0, 0.05) is 0 Å². The minimum absolute atomic E-state index is 0. The monoisotopic (exact) mass is 461 g/mol. The van der Waals surface area contributed by atoms with Crippen LogP contribution in [0.25, 0.3) is 0 Å². The summed E-state index contributed by atoms with van der Waals surface area (Å²) in [6, 6.07) is 0. The zero-order valence-corrected chi connectivity index (χ0v) is 17.1. The normalized spacial score (nSPS) is 8.75. The van der Waals surface area contributed by atoms with Gasteiger partial charge in [0.2, 0.25) is 0 Å². The van der Waals surface area contributed by atoms with Gasteiger partial charge >= 0.3 is 58.2 Å². The molecule has 1 N–H and O–H groups in total. The van der Waals surface area contributed by atoms with Gasteiger partial charge in [-0.2, -0.15) is 12.7 Å². The molecule has 0 aromatic carbocycles. The first-order chi connectivity index (χ1) is 2.56. The molecular weight excluding hydrogens is 457 g/mol. The summed E-state index contributed by atoms with van der Waals surface area (Å²) >= 11 is 0. The number of rotatable bonds is 1. The Bertz CT molecular complexity index is 119. The first kappa shape index (κ1) is 15.9.